The van der Waals surface area contributed by atoms with Gasteiger partial charge < -0.3 is 10.2 Å². The van der Waals surface area contributed by atoms with Crippen molar-refractivity contribution in [3.05, 3.63) is 23.8 Å². The van der Waals surface area contributed by atoms with Crippen LogP contribution < -0.4 is 0 Å². The van der Waals surface area contributed by atoms with Gasteiger partial charge in [0.2, 0.25) is 0 Å². The molecule has 0 aromatic heterocycles. The lowest BCUT2D eigenvalue weighted by atomic mass is 9.87. The van der Waals surface area contributed by atoms with Gasteiger partial charge in [-0.25, -0.2) is 0 Å². The second-order valence-electron chi connectivity index (χ2n) is 3.30. The van der Waals surface area contributed by atoms with E-state index in [1.165, 1.54) is 0 Å². The van der Waals surface area contributed by atoms with Gasteiger partial charge in [-0.3, -0.25) is 0 Å². The van der Waals surface area contributed by atoms with Crippen LogP contribution in [0.1, 0.15) is 19.3 Å². The van der Waals surface area contributed by atoms with E-state index in [4.69, 9.17) is 0 Å². The van der Waals surface area contributed by atoms with Gasteiger partial charge in [-0.2, -0.15) is 0 Å². The molecule has 2 aliphatic rings. The van der Waals surface area contributed by atoms with Crippen molar-refractivity contribution in [3.63, 3.8) is 0 Å². The van der Waals surface area contributed by atoms with E-state index in [0.717, 1.165) is 18.4 Å². The van der Waals surface area contributed by atoms with Crippen LogP contribution in [-0.4, -0.2) is 21.9 Å². The van der Waals surface area contributed by atoms with Gasteiger partial charge in [0.05, 0.1) is 0 Å². The van der Waals surface area contributed by atoms with Crippen molar-refractivity contribution < 1.29 is 10.2 Å². The summed E-state index contributed by atoms with van der Waals surface area (Å²) in [5.74, 6) is 0. The normalized spacial score (nSPS) is 42.0. The predicted octanol–water partition coefficient (Wildman–Crippen LogP) is 0.758. The highest BCUT2D eigenvalue weighted by Gasteiger charge is 2.42. The molecule has 2 rings (SSSR count). The van der Waals surface area contributed by atoms with Crippen LogP contribution in [0.5, 0.6) is 0 Å². The summed E-state index contributed by atoms with van der Waals surface area (Å²) >= 11 is 0. The molecule has 0 radical (unpaired) electrons. The van der Waals surface area contributed by atoms with Gasteiger partial charge in [0.25, 0.3) is 0 Å². The summed E-state index contributed by atoms with van der Waals surface area (Å²) in [5, 5.41) is 19.4. The van der Waals surface area contributed by atoms with Crippen LogP contribution in [0.2, 0.25) is 0 Å². The summed E-state index contributed by atoms with van der Waals surface area (Å²) in [6.07, 6.45) is 7.31. The number of aliphatic hydroxyl groups excluding tert-OH is 1. The molecular weight excluding hydrogens is 140 g/mol. The Morgan fingerprint density at radius 3 is 3.09 bits per heavy atom. The number of rotatable bonds is 0. The monoisotopic (exact) mass is 152 g/mol. The van der Waals surface area contributed by atoms with E-state index in [0.29, 0.717) is 6.42 Å². The van der Waals surface area contributed by atoms with Crippen LogP contribution in [0.15, 0.2) is 23.8 Å². The maximum atomic E-state index is 9.91. The average Bonchev–Trinajstić information content (AvgIpc) is 2.34. The molecule has 2 heteroatoms. The Bertz CT molecular complexity index is 230. The van der Waals surface area contributed by atoms with E-state index in [1.807, 2.05) is 12.2 Å². The first-order chi connectivity index (χ1) is 5.23. The van der Waals surface area contributed by atoms with Gasteiger partial charge in [-0.15, -0.1) is 0 Å². The zero-order valence-corrected chi connectivity index (χ0v) is 6.33. The lowest BCUT2D eigenvalue weighted by Crippen LogP contribution is -2.41. The first-order valence-electron chi connectivity index (χ1n) is 4.02. The smallest absolute Gasteiger partial charge is 0.115 e. The summed E-state index contributed by atoms with van der Waals surface area (Å²) in [6.45, 7) is 0. The number of hydrogen-bond donors (Lipinski definition) is 2. The Morgan fingerprint density at radius 1 is 1.55 bits per heavy atom. The fraction of sp³-hybridized carbons (Fsp3) is 0.556. The number of allylic oxidation sites excluding steroid dienone is 2. The fourth-order valence-corrected chi connectivity index (χ4v) is 1.93. The van der Waals surface area contributed by atoms with Crippen molar-refractivity contribution in [1.29, 1.82) is 0 Å². The van der Waals surface area contributed by atoms with Gasteiger partial charge in [-0.05, 0) is 24.8 Å². The summed E-state index contributed by atoms with van der Waals surface area (Å²) in [6, 6.07) is 0. The Labute approximate surface area is 65.9 Å². The highest BCUT2D eigenvalue weighted by Crippen LogP contribution is 2.39. The lowest BCUT2D eigenvalue weighted by molar-refractivity contribution is -0.0194. The molecule has 0 saturated heterocycles. The van der Waals surface area contributed by atoms with Crippen molar-refractivity contribution >= 4 is 0 Å². The van der Waals surface area contributed by atoms with Gasteiger partial charge in [0, 0.05) is 0 Å². The topological polar surface area (TPSA) is 40.5 Å². The summed E-state index contributed by atoms with van der Waals surface area (Å²) in [4.78, 5) is 0. The molecule has 2 aliphatic carbocycles. The van der Waals surface area contributed by atoms with Crippen molar-refractivity contribution in [2.24, 2.45) is 0 Å². The van der Waals surface area contributed by atoms with Crippen LogP contribution >= 0.6 is 0 Å². The molecule has 0 aliphatic heterocycles. The van der Waals surface area contributed by atoms with E-state index < -0.39 is 11.7 Å². The highest BCUT2D eigenvalue weighted by atomic mass is 16.3. The van der Waals surface area contributed by atoms with Crippen LogP contribution in [0.3, 0.4) is 0 Å². The van der Waals surface area contributed by atoms with Crippen molar-refractivity contribution in [2.75, 3.05) is 0 Å². The molecule has 0 spiro atoms. The molecule has 0 aromatic rings. The maximum absolute atomic E-state index is 9.91. The molecule has 1 saturated carbocycles. The molecule has 0 heterocycles. The third kappa shape index (κ3) is 0.865. The zero-order valence-electron chi connectivity index (χ0n) is 6.33. The zero-order chi connectivity index (χ0) is 7.90. The Kier molecular flexibility index (Phi) is 1.41. The second-order valence-corrected chi connectivity index (χ2v) is 3.30. The minimum absolute atomic E-state index is 0.690. The summed E-state index contributed by atoms with van der Waals surface area (Å²) < 4.78 is 0. The molecule has 1 fully saturated rings. The minimum atomic E-state index is -0.922. The van der Waals surface area contributed by atoms with Gasteiger partial charge in [-0.1, -0.05) is 18.2 Å². The largest absolute Gasteiger partial charge is 0.386 e. The molecule has 0 amide bonds. The Balaban J connectivity index is 2.38. The van der Waals surface area contributed by atoms with E-state index in [2.05, 4.69) is 0 Å². The molecular formula is C9H12O2. The van der Waals surface area contributed by atoms with Crippen LogP contribution in [0.25, 0.3) is 0 Å². The summed E-state index contributed by atoms with van der Waals surface area (Å²) in [7, 11) is 0. The molecule has 2 atom stereocenters. The van der Waals surface area contributed by atoms with Crippen molar-refractivity contribution in [2.45, 2.75) is 31.0 Å². The molecule has 11 heavy (non-hydrogen) atoms. The van der Waals surface area contributed by atoms with E-state index in [9.17, 15) is 10.2 Å². The van der Waals surface area contributed by atoms with Crippen molar-refractivity contribution in [1.82, 2.24) is 0 Å². The molecule has 2 N–H and O–H groups in total. The van der Waals surface area contributed by atoms with E-state index in [-0.39, 0.29) is 0 Å². The molecule has 60 valence electrons. The third-order valence-corrected chi connectivity index (χ3v) is 2.64. The van der Waals surface area contributed by atoms with Gasteiger partial charge in [0.15, 0.2) is 0 Å². The lowest BCUT2D eigenvalue weighted by Gasteiger charge is -2.30. The highest BCUT2D eigenvalue weighted by molar-refractivity contribution is 5.34. The van der Waals surface area contributed by atoms with E-state index >= 15 is 0 Å². The van der Waals surface area contributed by atoms with Gasteiger partial charge >= 0.3 is 0 Å². The van der Waals surface area contributed by atoms with Crippen LogP contribution in [-0.2, 0) is 0 Å². The Hall–Kier alpha value is -0.600. The van der Waals surface area contributed by atoms with Crippen LogP contribution in [0.4, 0.5) is 0 Å². The average molecular weight is 152 g/mol. The molecule has 0 bridgehead atoms. The molecule has 2 unspecified atom stereocenters. The molecule has 2 nitrogen and oxygen atoms in total. The maximum Gasteiger partial charge on any atom is 0.115 e. The third-order valence-electron chi connectivity index (χ3n) is 2.64. The molecule has 0 aromatic carbocycles. The minimum Gasteiger partial charge on any atom is -0.386 e. The van der Waals surface area contributed by atoms with Gasteiger partial charge in [0.1, 0.15) is 11.7 Å². The summed E-state index contributed by atoms with van der Waals surface area (Å²) in [5.41, 5.74) is 0.0712. The Morgan fingerprint density at radius 2 is 2.36 bits per heavy atom. The second kappa shape index (κ2) is 2.19. The number of fused-ring (bicyclic) bond motifs is 1. The van der Waals surface area contributed by atoms with Crippen LogP contribution in [0, 0.1) is 0 Å². The SMILES string of the molecule is OC1C=CC=C2CCCC21O. The number of hydrogen-bond acceptors (Lipinski definition) is 2. The van der Waals surface area contributed by atoms with Crippen molar-refractivity contribution in [3.8, 4) is 0 Å². The standard InChI is InChI=1S/C9H12O2/c10-8-5-1-3-7-4-2-6-9(7,8)11/h1,3,5,8,10-11H,2,4,6H2. The first-order valence-corrected chi connectivity index (χ1v) is 4.02. The quantitative estimate of drug-likeness (QED) is 0.538. The fourth-order valence-electron chi connectivity index (χ4n) is 1.93. The first kappa shape index (κ1) is 7.07. The van der Waals surface area contributed by atoms with E-state index in [1.54, 1.807) is 6.08 Å². The predicted molar refractivity (Wildman–Crippen MR) is 42.0 cm³/mol. The number of aliphatic hydroxyl groups is 2.